The highest BCUT2D eigenvalue weighted by Crippen LogP contribution is 2.34. The van der Waals surface area contributed by atoms with E-state index in [1.807, 2.05) is 6.92 Å². The summed E-state index contributed by atoms with van der Waals surface area (Å²) in [5.74, 6) is -0.911. The summed E-state index contributed by atoms with van der Waals surface area (Å²) in [5.41, 5.74) is 0.131. The van der Waals surface area contributed by atoms with Crippen LogP contribution in [0.15, 0.2) is 23.1 Å². The zero-order valence-corrected chi connectivity index (χ0v) is 11.7. The Kier molecular flexibility index (Phi) is 4.27. The van der Waals surface area contributed by atoms with E-state index in [9.17, 15) is 14.0 Å². The predicted octanol–water partition coefficient (Wildman–Crippen LogP) is 3.93. The van der Waals surface area contributed by atoms with Gasteiger partial charge in [0.1, 0.15) is 5.82 Å². The van der Waals surface area contributed by atoms with Crippen molar-refractivity contribution in [2.75, 3.05) is 6.54 Å². The Labute approximate surface area is 119 Å². The van der Waals surface area contributed by atoms with Gasteiger partial charge in [-0.1, -0.05) is 24.6 Å². The standard InChI is InChI=1S/C13H11ClFNO2S/c1-2-6-16-12(17)11(19-13(16)18)7-8-9(14)4-3-5-10(8)15/h3-5,7H,2,6H2,1H3/b11-7+. The van der Waals surface area contributed by atoms with E-state index < -0.39 is 11.7 Å². The van der Waals surface area contributed by atoms with Crippen molar-refractivity contribution < 1.29 is 14.0 Å². The van der Waals surface area contributed by atoms with Gasteiger partial charge in [-0.2, -0.15) is 0 Å². The number of rotatable bonds is 3. The fourth-order valence-electron chi connectivity index (χ4n) is 1.70. The van der Waals surface area contributed by atoms with Crippen LogP contribution in [0.1, 0.15) is 18.9 Å². The molecule has 0 bridgehead atoms. The molecule has 1 aromatic carbocycles. The van der Waals surface area contributed by atoms with Crippen molar-refractivity contribution in [3.63, 3.8) is 0 Å². The Morgan fingerprint density at radius 2 is 2.16 bits per heavy atom. The predicted molar refractivity (Wildman–Crippen MR) is 74.4 cm³/mol. The van der Waals surface area contributed by atoms with Crippen molar-refractivity contribution in [1.82, 2.24) is 4.90 Å². The molecule has 1 saturated heterocycles. The van der Waals surface area contributed by atoms with Crippen LogP contribution in [0.5, 0.6) is 0 Å². The van der Waals surface area contributed by atoms with Gasteiger partial charge in [-0.3, -0.25) is 14.5 Å². The summed E-state index contributed by atoms with van der Waals surface area (Å²) in [4.78, 5) is 25.0. The van der Waals surface area contributed by atoms with Crippen LogP contribution in [0, 0.1) is 5.82 Å². The number of halogens is 2. The van der Waals surface area contributed by atoms with Crippen molar-refractivity contribution in [3.05, 3.63) is 39.5 Å². The first kappa shape index (κ1) is 14.1. The highest BCUT2D eigenvalue weighted by atomic mass is 35.5. The monoisotopic (exact) mass is 299 g/mol. The molecule has 19 heavy (non-hydrogen) atoms. The summed E-state index contributed by atoms with van der Waals surface area (Å²) >= 11 is 6.69. The maximum atomic E-state index is 13.6. The van der Waals surface area contributed by atoms with Gasteiger partial charge in [0.25, 0.3) is 11.1 Å². The summed E-state index contributed by atoms with van der Waals surface area (Å²) in [5, 5.41) is -0.118. The Balaban J connectivity index is 2.35. The molecule has 2 rings (SSSR count). The number of thioether (sulfide) groups is 1. The van der Waals surface area contributed by atoms with Gasteiger partial charge < -0.3 is 0 Å². The van der Waals surface area contributed by atoms with Crippen molar-refractivity contribution >= 4 is 40.6 Å². The molecule has 6 heteroatoms. The van der Waals surface area contributed by atoms with E-state index in [4.69, 9.17) is 11.6 Å². The smallest absolute Gasteiger partial charge is 0.268 e. The van der Waals surface area contributed by atoms with Crippen LogP contribution in [-0.2, 0) is 4.79 Å². The minimum Gasteiger partial charge on any atom is -0.268 e. The highest BCUT2D eigenvalue weighted by molar-refractivity contribution is 8.18. The SMILES string of the molecule is CCCN1C(=O)S/C(=C/c2c(F)cccc2Cl)C1=O. The van der Waals surface area contributed by atoms with Gasteiger partial charge in [-0.15, -0.1) is 0 Å². The molecule has 0 unspecified atom stereocenters. The van der Waals surface area contributed by atoms with E-state index in [1.165, 1.54) is 24.3 Å². The van der Waals surface area contributed by atoms with Crippen LogP contribution in [0.25, 0.3) is 6.08 Å². The molecule has 0 aromatic heterocycles. The van der Waals surface area contributed by atoms with Crippen LogP contribution >= 0.6 is 23.4 Å². The number of amides is 2. The van der Waals surface area contributed by atoms with E-state index in [2.05, 4.69) is 0 Å². The van der Waals surface area contributed by atoms with Gasteiger partial charge in [-0.05, 0) is 36.4 Å². The third-order valence-corrected chi connectivity index (χ3v) is 3.83. The van der Waals surface area contributed by atoms with Crippen LogP contribution in [0.4, 0.5) is 9.18 Å². The van der Waals surface area contributed by atoms with Crippen molar-refractivity contribution in [2.24, 2.45) is 0 Å². The molecular formula is C13H11ClFNO2S. The minimum absolute atomic E-state index is 0.131. The zero-order chi connectivity index (χ0) is 14.0. The highest BCUT2D eigenvalue weighted by Gasteiger charge is 2.34. The second-order valence-electron chi connectivity index (χ2n) is 3.97. The lowest BCUT2D eigenvalue weighted by Crippen LogP contribution is -2.28. The van der Waals surface area contributed by atoms with E-state index in [-0.39, 0.29) is 20.7 Å². The third kappa shape index (κ3) is 2.82. The van der Waals surface area contributed by atoms with Gasteiger partial charge in [-0.25, -0.2) is 4.39 Å². The van der Waals surface area contributed by atoms with E-state index in [0.29, 0.717) is 13.0 Å². The first-order valence-electron chi connectivity index (χ1n) is 5.74. The average molecular weight is 300 g/mol. The maximum absolute atomic E-state index is 13.6. The normalized spacial score (nSPS) is 17.6. The maximum Gasteiger partial charge on any atom is 0.293 e. The first-order valence-corrected chi connectivity index (χ1v) is 6.93. The fourth-order valence-corrected chi connectivity index (χ4v) is 2.76. The molecule has 1 fully saturated rings. The summed E-state index contributed by atoms with van der Waals surface area (Å²) < 4.78 is 13.6. The topological polar surface area (TPSA) is 37.4 Å². The number of imide groups is 1. The Hall–Kier alpha value is -1.33. The Morgan fingerprint density at radius 1 is 1.42 bits per heavy atom. The average Bonchev–Trinajstić information content (AvgIpc) is 2.62. The first-order chi connectivity index (χ1) is 9.04. The lowest BCUT2D eigenvalue weighted by Gasteiger charge is -2.09. The lowest BCUT2D eigenvalue weighted by molar-refractivity contribution is -0.122. The zero-order valence-electron chi connectivity index (χ0n) is 10.2. The number of carbonyl (C=O) groups is 2. The van der Waals surface area contributed by atoms with Crippen LogP contribution < -0.4 is 0 Å². The van der Waals surface area contributed by atoms with Crippen LogP contribution in [-0.4, -0.2) is 22.6 Å². The second-order valence-corrected chi connectivity index (χ2v) is 5.37. The molecule has 0 aliphatic carbocycles. The molecule has 1 aliphatic heterocycles. The molecule has 2 amide bonds. The number of hydrogen-bond acceptors (Lipinski definition) is 3. The van der Waals surface area contributed by atoms with E-state index >= 15 is 0 Å². The third-order valence-electron chi connectivity index (χ3n) is 2.60. The molecule has 0 spiro atoms. The molecule has 0 N–H and O–H groups in total. The van der Waals surface area contributed by atoms with Gasteiger partial charge in [0, 0.05) is 12.1 Å². The van der Waals surface area contributed by atoms with Gasteiger partial charge in [0.2, 0.25) is 0 Å². The van der Waals surface area contributed by atoms with Crippen molar-refractivity contribution in [2.45, 2.75) is 13.3 Å². The summed E-state index contributed by atoms with van der Waals surface area (Å²) in [6.45, 7) is 2.24. The van der Waals surface area contributed by atoms with Crippen LogP contribution in [0.2, 0.25) is 5.02 Å². The van der Waals surface area contributed by atoms with Crippen molar-refractivity contribution in [3.8, 4) is 0 Å². The Morgan fingerprint density at radius 3 is 2.79 bits per heavy atom. The van der Waals surface area contributed by atoms with Gasteiger partial charge >= 0.3 is 0 Å². The van der Waals surface area contributed by atoms with Crippen LogP contribution in [0.3, 0.4) is 0 Å². The summed E-state index contributed by atoms with van der Waals surface area (Å²) in [7, 11) is 0. The molecule has 1 aromatic rings. The fraction of sp³-hybridized carbons (Fsp3) is 0.231. The number of benzene rings is 1. The molecule has 3 nitrogen and oxygen atoms in total. The molecule has 100 valence electrons. The molecule has 0 saturated carbocycles. The van der Waals surface area contributed by atoms with E-state index in [1.54, 1.807) is 0 Å². The summed E-state index contributed by atoms with van der Waals surface area (Å²) in [6, 6.07) is 4.28. The molecule has 0 radical (unpaired) electrons. The minimum atomic E-state index is -0.519. The summed E-state index contributed by atoms with van der Waals surface area (Å²) in [6.07, 6.45) is 2.02. The largest absolute Gasteiger partial charge is 0.293 e. The molecule has 1 aliphatic rings. The number of carbonyl (C=O) groups excluding carboxylic acids is 2. The molecular weight excluding hydrogens is 289 g/mol. The van der Waals surface area contributed by atoms with Gasteiger partial charge in [0.15, 0.2) is 0 Å². The second kappa shape index (κ2) is 5.75. The van der Waals surface area contributed by atoms with Gasteiger partial charge in [0.05, 0.1) is 9.93 Å². The molecule has 1 heterocycles. The quantitative estimate of drug-likeness (QED) is 0.794. The van der Waals surface area contributed by atoms with Crippen molar-refractivity contribution in [1.29, 1.82) is 0 Å². The molecule has 0 atom stereocenters. The Bertz CT molecular complexity index is 554. The lowest BCUT2D eigenvalue weighted by atomic mass is 10.2. The number of hydrogen-bond donors (Lipinski definition) is 0. The number of nitrogens with zero attached hydrogens (tertiary/aromatic N) is 1. The van der Waals surface area contributed by atoms with E-state index in [0.717, 1.165) is 16.7 Å².